The van der Waals surface area contributed by atoms with Crippen molar-refractivity contribution in [2.45, 2.75) is 25.4 Å². The average molecular weight is 242 g/mol. The van der Waals surface area contributed by atoms with Crippen molar-refractivity contribution < 1.29 is 0 Å². The predicted molar refractivity (Wildman–Crippen MR) is 68.7 cm³/mol. The highest BCUT2D eigenvalue weighted by Gasteiger charge is 2.33. The molecule has 0 radical (unpaired) electrons. The third kappa shape index (κ3) is 2.38. The third-order valence-electron chi connectivity index (χ3n) is 4.02. The molecule has 94 valence electrons. The summed E-state index contributed by atoms with van der Waals surface area (Å²) in [4.78, 5) is 6.50. The molecule has 1 N–H and O–H groups in total. The first-order valence-electron chi connectivity index (χ1n) is 6.66. The molecule has 3 rings (SSSR count). The van der Waals surface area contributed by atoms with Crippen molar-refractivity contribution in [2.75, 3.05) is 19.6 Å². The van der Waals surface area contributed by atoms with Gasteiger partial charge in [-0.15, -0.1) is 0 Å². The Hall–Kier alpha value is -1.44. The van der Waals surface area contributed by atoms with Gasteiger partial charge in [0.05, 0.1) is 0 Å². The van der Waals surface area contributed by atoms with Crippen LogP contribution < -0.4 is 5.32 Å². The zero-order valence-corrected chi connectivity index (χ0v) is 10.5. The van der Waals surface area contributed by atoms with Gasteiger partial charge in [0, 0.05) is 31.9 Å². The lowest BCUT2D eigenvalue weighted by Gasteiger charge is -2.24. The quantitative estimate of drug-likeness (QED) is 0.845. The standard InChI is InChI=1S/C14H18N4/c15-7-13-6-11(3-5-16-13)8-18-9-12-2-1-4-17-14(12)10-18/h3,5-6,12,14,17H,1-2,4,8-10H2/t12-,14+/m0/s1. The van der Waals surface area contributed by atoms with Crippen LogP contribution in [0.3, 0.4) is 0 Å². The number of hydrogen-bond donors (Lipinski definition) is 1. The molecule has 2 atom stereocenters. The summed E-state index contributed by atoms with van der Waals surface area (Å²) in [5, 5.41) is 12.5. The van der Waals surface area contributed by atoms with Crippen LogP contribution in [0.2, 0.25) is 0 Å². The highest BCUT2D eigenvalue weighted by atomic mass is 15.2. The molecule has 18 heavy (non-hydrogen) atoms. The van der Waals surface area contributed by atoms with E-state index in [1.165, 1.54) is 31.5 Å². The van der Waals surface area contributed by atoms with Crippen LogP contribution in [0.4, 0.5) is 0 Å². The summed E-state index contributed by atoms with van der Waals surface area (Å²) >= 11 is 0. The molecule has 0 aromatic carbocycles. The van der Waals surface area contributed by atoms with Gasteiger partial charge in [-0.25, -0.2) is 4.98 Å². The lowest BCUT2D eigenvalue weighted by molar-refractivity contribution is 0.312. The Labute approximate surface area is 108 Å². The van der Waals surface area contributed by atoms with Crippen LogP contribution in [0.5, 0.6) is 0 Å². The Morgan fingerprint density at radius 2 is 2.44 bits per heavy atom. The van der Waals surface area contributed by atoms with Crippen LogP contribution in [-0.4, -0.2) is 35.6 Å². The van der Waals surface area contributed by atoms with Crippen LogP contribution >= 0.6 is 0 Å². The number of piperidine rings is 1. The van der Waals surface area contributed by atoms with E-state index in [2.05, 4.69) is 21.3 Å². The van der Waals surface area contributed by atoms with Gasteiger partial charge in [0.15, 0.2) is 0 Å². The van der Waals surface area contributed by atoms with E-state index in [9.17, 15) is 0 Å². The number of hydrogen-bond acceptors (Lipinski definition) is 4. The molecule has 1 aromatic rings. The van der Waals surface area contributed by atoms with E-state index >= 15 is 0 Å². The van der Waals surface area contributed by atoms with E-state index in [0.717, 1.165) is 19.0 Å². The molecule has 3 heterocycles. The van der Waals surface area contributed by atoms with Gasteiger partial charge in [-0.2, -0.15) is 5.26 Å². The first-order chi connectivity index (χ1) is 8.85. The molecule has 1 aromatic heterocycles. The SMILES string of the molecule is N#Cc1cc(CN2C[C@@H]3CCCN[C@@H]3C2)ccn1. The molecule has 0 unspecified atom stereocenters. The molecule has 4 nitrogen and oxygen atoms in total. The van der Waals surface area contributed by atoms with Crippen LogP contribution in [0.1, 0.15) is 24.1 Å². The zero-order chi connectivity index (χ0) is 12.4. The second kappa shape index (κ2) is 5.05. The maximum absolute atomic E-state index is 8.86. The molecule has 0 spiro atoms. The average Bonchev–Trinajstić information content (AvgIpc) is 2.81. The smallest absolute Gasteiger partial charge is 0.140 e. The van der Waals surface area contributed by atoms with Gasteiger partial charge in [0.25, 0.3) is 0 Å². The third-order valence-corrected chi connectivity index (χ3v) is 4.02. The minimum atomic E-state index is 0.516. The van der Waals surface area contributed by atoms with Crippen LogP contribution in [-0.2, 0) is 6.54 Å². The predicted octanol–water partition coefficient (Wildman–Crippen LogP) is 1.14. The second-order valence-electron chi connectivity index (χ2n) is 5.32. The molecule has 2 aliphatic heterocycles. The summed E-state index contributed by atoms with van der Waals surface area (Å²) in [5.41, 5.74) is 1.71. The van der Waals surface area contributed by atoms with Crippen LogP contribution in [0, 0.1) is 17.2 Å². The Morgan fingerprint density at radius 3 is 3.28 bits per heavy atom. The van der Waals surface area contributed by atoms with Crippen LogP contribution in [0.15, 0.2) is 18.3 Å². The van der Waals surface area contributed by atoms with Crippen molar-refractivity contribution in [1.29, 1.82) is 5.26 Å². The fraction of sp³-hybridized carbons (Fsp3) is 0.571. The molecule has 0 aliphatic carbocycles. The van der Waals surface area contributed by atoms with Gasteiger partial charge in [0.1, 0.15) is 11.8 Å². The number of nitrogens with one attached hydrogen (secondary N) is 1. The van der Waals surface area contributed by atoms with Crippen molar-refractivity contribution in [2.24, 2.45) is 5.92 Å². The highest BCUT2D eigenvalue weighted by molar-refractivity contribution is 5.25. The Balaban J connectivity index is 1.65. The first-order valence-corrected chi connectivity index (χ1v) is 6.66. The maximum Gasteiger partial charge on any atom is 0.140 e. The van der Waals surface area contributed by atoms with Crippen molar-refractivity contribution in [3.63, 3.8) is 0 Å². The van der Waals surface area contributed by atoms with Gasteiger partial charge >= 0.3 is 0 Å². The molecular weight excluding hydrogens is 224 g/mol. The van der Waals surface area contributed by atoms with Crippen molar-refractivity contribution in [3.8, 4) is 6.07 Å². The number of pyridine rings is 1. The molecule has 2 aliphatic rings. The van der Waals surface area contributed by atoms with Gasteiger partial charge in [-0.05, 0) is 43.0 Å². The summed E-state index contributed by atoms with van der Waals surface area (Å²) < 4.78 is 0. The number of rotatable bonds is 2. The summed E-state index contributed by atoms with van der Waals surface area (Å²) in [6.45, 7) is 4.42. The highest BCUT2D eigenvalue weighted by Crippen LogP contribution is 2.25. The maximum atomic E-state index is 8.86. The van der Waals surface area contributed by atoms with E-state index in [1.54, 1.807) is 6.20 Å². The van der Waals surface area contributed by atoms with E-state index in [4.69, 9.17) is 5.26 Å². The summed E-state index contributed by atoms with van der Waals surface area (Å²) in [5.74, 6) is 0.816. The zero-order valence-electron chi connectivity index (χ0n) is 10.5. The second-order valence-corrected chi connectivity index (χ2v) is 5.32. The molecule has 0 saturated carbocycles. The fourth-order valence-electron chi connectivity index (χ4n) is 3.16. The van der Waals surface area contributed by atoms with Crippen molar-refractivity contribution in [3.05, 3.63) is 29.6 Å². The topological polar surface area (TPSA) is 52.0 Å². The van der Waals surface area contributed by atoms with Gasteiger partial charge in [0.2, 0.25) is 0 Å². The van der Waals surface area contributed by atoms with E-state index in [-0.39, 0.29) is 0 Å². The Kier molecular flexibility index (Phi) is 3.26. The minimum absolute atomic E-state index is 0.516. The number of nitriles is 1. The molecular formula is C14H18N4. The van der Waals surface area contributed by atoms with Gasteiger partial charge in [-0.1, -0.05) is 0 Å². The fourth-order valence-corrected chi connectivity index (χ4v) is 3.16. The molecule has 2 fully saturated rings. The molecule has 0 amide bonds. The van der Waals surface area contributed by atoms with E-state index in [1.807, 2.05) is 12.1 Å². The number of likely N-dealkylation sites (tertiary alicyclic amines) is 1. The van der Waals surface area contributed by atoms with Gasteiger partial charge < -0.3 is 5.32 Å². The minimum Gasteiger partial charge on any atom is -0.312 e. The normalized spacial score (nSPS) is 27.7. The molecule has 2 saturated heterocycles. The van der Waals surface area contributed by atoms with E-state index in [0.29, 0.717) is 11.7 Å². The Morgan fingerprint density at radius 1 is 1.50 bits per heavy atom. The van der Waals surface area contributed by atoms with E-state index < -0.39 is 0 Å². The monoisotopic (exact) mass is 242 g/mol. The summed E-state index contributed by atoms with van der Waals surface area (Å²) in [6.07, 6.45) is 4.39. The van der Waals surface area contributed by atoms with Crippen molar-refractivity contribution >= 4 is 0 Å². The Bertz CT molecular complexity index is 451. The lowest BCUT2D eigenvalue weighted by atomic mass is 9.94. The molecule has 0 bridgehead atoms. The number of nitrogens with zero attached hydrogens (tertiary/aromatic N) is 3. The largest absolute Gasteiger partial charge is 0.312 e. The summed E-state index contributed by atoms with van der Waals surface area (Å²) in [6, 6.07) is 6.69. The molecule has 4 heteroatoms. The lowest BCUT2D eigenvalue weighted by Crippen LogP contribution is -2.40. The number of fused-ring (bicyclic) bond motifs is 1. The first kappa shape index (κ1) is 11.6. The van der Waals surface area contributed by atoms with Gasteiger partial charge in [-0.3, -0.25) is 4.90 Å². The summed E-state index contributed by atoms with van der Waals surface area (Å²) in [7, 11) is 0. The van der Waals surface area contributed by atoms with Crippen molar-refractivity contribution in [1.82, 2.24) is 15.2 Å². The number of aromatic nitrogens is 1. The van der Waals surface area contributed by atoms with Crippen LogP contribution in [0.25, 0.3) is 0 Å².